The summed E-state index contributed by atoms with van der Waals surface area (Å²) in [6.45, 7) is 5.31. The summed E-state index contributed by atoms with van der Waals surface area (Å²) >= 11 is 6.10. The molecule has 0 saturated carbocycles. The molecular weight excluding hydrogens is 316 g/mol. The topological polar surface area (TPSA) is 50.8 Å². The molecule has 1 aromatic rings. The first-order chi connectivity index (χ1) is 11.1. The van der Waals surface area contributed by atoms with E-state index in [0.717, 1.165) is 29.1 Å². The highest BCUT2D eigenvalue weighted by Gasteiger charge is 2.40. The van der Waals surface area contributed by atoms with Crippen LogP contribution in [0.1, 0.15) is 24.8 Å². The van der Waals surface area contributed by atoms with Gasteiger partial charge in [0.1, 0.15) is 0 Å². The summed E-state index contributed by atoms with van der Waals surface area (Å²) in [6.07, 6.45) is 2.00. The standard InChI is InChI=1S/C17H23ClN2O3/c1-13-2-3-14(12-15(13)18)19-7-4-16(21)20-8-5-17(6-9-20)22-10-11-23-17/h2-3,12,19H,4-11H2,1H3. The Balaban J connectivity index is 1.42. The summed E-state index contributed by atoms with van der Waals surface area (Å²) in [4.78, 5) is 14.2. The van der Waals surface area contributed by atoms with Crippen molar-refractivity contribution < 1.29 is 14.3 Å². The van der Waals surface area contributed by atoms with E-state index in [1.165, 1.54) is 0 Å². The van der Waals surface area contributed by atoms with E-state index in [0.29, 0.717) is 39.3 Å². The SMILES string of the molecule is Cc1ccc(NCCC(=O)N2CCC3(CC2)OCCO3)cc1Cl. The molecule has 0 aromatic heterocycles. The molecule has 1 amide bonds. The van der Waals surface area contributed by atoms with Gasteiger partial charge in [-0.2, -0.15) is 0 Å². The Morgan fingerprint density at radius 2 is 2.00 bits per heavy atom. The van der Waals surface area contributed by atoms with Crippen molar-refractivity contribution in [3.05, 3.63) is 28.8 Å². The van der Waals surface area contributed by atoms with Crippen LogP contribution in [0.25, 0.3) is 0 Å². The minimum atomic E-state index is -0.423. The number of ether oxygens (including phenoxy) is 2. The van der Waals surface area contributed by atoms with Gasteiger partial charge in [0.15, 0.2) is 5.79 Å². The number of nitrogens with zero attached hydrogens (tertiary/aromatic N) is 1. The second-order valence-corrected chi connectivity index (χ2v) is 6.54. The summed E-state index contributed by atoms with van der Waals surface area (Å²) in [5.74, 6) is -0.253. The van der Waals surface area contributed by atoms with Gasteiger partial charge >= 0.3 is 0 Å². The molecule has 2 heterocycles. The van der Waals surface area contributed by atoms with Gasteiger partial charge in [-0.15, -0.1) is 0 Å². The summed E-state index contributed by atoms with van der Waals surface area (Å²) < 4.78 is 11.4. The van der Waals surface area contributed by atoms with E-state index in [1.807, 2.05) is 30.0 Å². The van der Waals surface area contributed by atoms with Gasteiger partial charge in [-0.25, -0.2) is 0 Å². The number of benzene rings is 1. The predicted octanol–water partition coefficient (Wildman–Crippen LogP) is 2.82. The highest BCUT2D eigenvalue weighted by Crippen LogP contribution is 2.31. The number of carbonyl (C=O) groups is 1. The zero-order valence-electron chi connectivity index (χ0n) is 13.4. The number of aryl methyl sites for hydroxylation is 1. The molecule has 3 rings (SSSR count). The van der Waals surface area contributed by atoms with Gasteiger partial charge < -0.3 is 19.7 Å². The van der Waals surface area contributed by atoms with Crippen LogP contribution < -0.4 is 5.32 Å². The number of nitrogens with one attached hydrogen (secondary N) is 1. The minimum absolute atomic E-state index is 0.170. The molecule has 23 heavy (non-hydrogen) atoms. The van der Waals surface area contributed by atoms with Crippen molar-refractivity contribution in [1.82, 2.24) is 4.90 Å². The third-order valence-corrected chi connectivity index (χ3v) is 4.94. The van der Waals surface area contributed by atoms with Gasteiger partial charge in [0.2, 0.25) is 5.91 Å². The molecule has 0 aliphatic carbocycles. The highest BCUT2D eigenvalue weighted by molar-refractivity contribution is 6.31. The van der Waals surface area contributed by atoms with Crippen LogP contribution in [0.4, 0.5) is 5.69 Å². The van der Waals surface area contributed by atoms with E-state index in [2.05, 4.69) is 5.32 Å². The molecule has 126 valence electrons. The zero-order valence-corrected chi connectivity index (χ0v) is 14.2. The molecule has 1 aromatic carbocycles. The van der Waals surface area contributed by atoms with Crippen LogP contribution in [0.5, 0.6) is 0 Å². The van der Waals surface area contributed by atoms with E-state index < -0.39 is 5.79 Å². The highest BCUT2D eigenvalue weighted by atomic mass is 35.5. The number of rotatable bonds is 4. The number of carbonyl (C=O) groups excluding carboxylic acids is 1. The van der Waals surface area contributed by atoms with Crippen LogP contribution in [0.15, 0.2) is 18.2 Å². The Labute approximate surface area is 141 Å². The van der Waals surface area contributed by atoms with Crippen LogP contribution in [-0.2, 0) is 14.3 Å². The molecule has 5 nitrogen and oxygen atoms in total. The molecule has 0 atom stereocenters. The van der Waals surface area contributed by atoms with Gasteiger partial charge in [0, 0.05) is 49.6 Å². The van der Waals surface area contributed by atoms with Gasteiger partial charge in [-0.1, -0.05) is 17.7 Å². The molecule has 2 fully saturated rings. The normalized spacial score (nSPS) is 20.0. The van der Waals surface area contributed by atoms with E-state index >= 15 is 0 Å². The number of piperidine rings is 1. The van der Waals surface area contributed by atoms with Crippen LogP contribution >= 0.6 is 11.6 Å². The molecule has 0 bridgehead atoms. The molecule has 1 N–H and O–H groups in total. The lowest BCUT2D eigenvalue weighted by molar-refractivity contribution is -0.187. The Morgan fingerprint density at radius 1 is 1.30 bits per heavy atom. The third-order valence-electron chi connectivity index (χ3n) is 4.53. The number of amides is 1. The molecular formula is C17H23ClN2O3. The van der Waals surface area contributed by atoms with Gasteiger partial charge in [-0.05, 0) is 24.6 Å². The average molecular weight is 339 g/mol. The Bertz CT molecular complexity index is 563. The molecule has 2 saturated heterocycles. The number of hydrogen-bond acceptors (Lipinski definition) is 4. The first kappa shape index (κ1) is 16.6. The lowest BCUT2D eigenvalue weighted by atomic mass is 10.0. The second-order valence-electron chi connectivity index (χ2n) is 6.13. The largest absolute Gasteiger partial charge is 0.384 e. The van der Waals surface area contributed by atoms with E-state index in [4.69, 9.17) is 21.1 Å². The summed E-state index contributed by atoms with van der Waals surface area (Å²) in [5.41, 5.74) is 1.99. The predicted molar refractivity (Wildman–Crippen MR) is 89.7 cm³/mol. The van der Waals surface area contributed by atoms with Gasteiger partial charge in [0.05, 0.1) is 13.2 Å². The first-order valence-corrected chi connectivity index (χ1v) is 8.51. The average Bonchev–Trinajstić information content (AvgIpc) is 2.99. The van der Waals surface area contributed by atoms with Crippen LogP contribution in [0.2, 0.25) is 5.02 Å². The quantitative estimate of drug-likeness (QED) is 0.917. The van der Waals surface area contributed by atoms with Gasteiger partial charge in [0.25, 0.3) is 0 Å². The summed E-state index contributed by atoms with van der Waals surface area (Å²) in [7, 11) is 0. The smallest absolute Gasteiger partial charge is 0.224 e. The number of halogens is 1. The number of likely N-dealkylation sites (tertiary alicyclic amines) is 1. The van der Waals surface area contributed by atoms with Crippen molar-refractivity contribution in [2.45, 2.75) is 32.0 Å². The zero-order chi connectivity index (χ0) is 16.3. The fourth-order valence-corrected chi connectivity index (χ4v) is 3.24. The van der Waals surface area contributed by atoms with Gasteiger partial charge in [-0.3, -0.25) is 4.79 Å². The fourth-order valence-electron chi connectivity index (χ4n) is 3.06. The molecule has 0 radical (unpaired) electrons. The monoisotopic (exact) mass is 338 g/mol. The maximum Gasteiger partial charge on any atom is 0.224 e. The maximum atomic E-state index is 12.3. The fraction of sp³-hybridized carbons (Fsp3) is 0.588. The van der Waals surface area contributed by atoms with Crippen LogP contribution in [0, 0.1) is 6.92 Å². The molecule has 2 aliphatic heterocycles. The third kappa shape index (κ3) is 3.97. The van der Waals surface area contributed by atoms with E-state index in [-0.39, 0.29) is 5.91 Å². The Hall–Kier alpha value is -1.30. The van der Waals surface area contributed by atoms with Crippen molar-refractivity contribution in [2.24, 2.45) is 0 Å². The second kappa shape index (κ2) is 7.07. The lowest BCUT2D eigenvalue weighted by Gasteiger charge is -2.37. The number of anilines is 1. The molecule has 1 spiro atoms. The first-order valence-electron chi connectivity index (χ1n) is 8.14. The number of hydrogen-bond donors (Lipinski definition) is 1. The van der Waals surface area contributed by atoms with E-state index in [9.17, 15) is 4.79 Å². The van der Waals surface area contributed by atoms with Crippen LogP contribution in [-0.4, -0.2) is 49.4 Å². The Morgan fingerprint density at radius 3 is 2.65 bits per heavy atom. The van der Waals surface area contributed by atoms with Crippen molar-refractivity contribution in [2.75, 3.05) is 38.2 Å². The molecule has 0 unspecified atom stereocenters. The minimum Gasteiger partial charge on any atom is -0.384 e. The lowest BCUT2D eigenvalue weighted by Crippen LogP contribution is -2.47. The Kier molecular flexibility index (Phi) is 5.09. The van der Waals surface area contributed by atoms with E-state index in [1.54, 1.807) is 0 Å². The molecule has 2 aliphatic rings. The molecule has 6 heteroatoms. The summed E-state index contributed by atoms with van der Waals surface area (Å²) in [5, 5.41) is 3.99. The van der Waals surface area contributed by atoms with Crippen molar-refractivity contribution in [3.63, 3.8) is 0 Å². The maximum absolute atomic E-state index is 12.3. The van der Waals surface area contributed by atoms with Crippen LogP contribution in [0.3, 0.4) is 0 Å². The van der Waals surface area contributed by atoms with Crippen molar-refractivity contribution >= 4 is 23.2 Å². The summed E-state index contributed by atoms with van der Waals surface area (Å²) in [6, 6.07) is 5.84. The van der Waals surface area contributed by atoms with Crippen molar-refractivity contribution in [1.29, 1.82) is 0 Å². The van der Waals surface area contributed by atoms with Crippen molar-refractivity contribution in [3.8, 4) is 0 Å².